The normalized spacial score (nSPS) is 12.5. The van der Waals surface area contributed by atoms with Gasteiger partial charge in [0.15, 0.2) is 0 Å². The fourth-order valence-electron chi connectivity index (χ4n) is 2.43. The van der Waals surface area contributed by atoms with Crippen LogP contribution in [0.2, 0.25) is 0 Å². The Labute approximate surface area is 122 Å². The summed E-state index contributed by atoms with van der Waals surface area (Å²) in [5, 5.41) is 2.92. The molecule has 0 heterocycles. The lowest BCUT2D eigenvalue weighted by Crippen LogP contribution is -2.22. The van der Waals surface area contributed by atoms with Crippen molar-refractivity contribution in [2.75, 3.05) is 7.05 Å². The van der Waals surface area contributed by atoms with E-state index in [-0.39, 0.29) is 11.4 Å². The summed E-state index contributed by atoms with van der Waals surface area (Å²) >= 11 is 0. The van der Waals surface area contributed by atoms with Crippen LogP contribution in [0, 0.1) is 31.3 Å². The lowest BCUT2D eigenvalue weighted by Gasteiger charge is -2.20. The van der Waals surface area contributed by atoms with Crippen molar-refractivity contribution in [3.63, 3.8) is 0 Å². The second kappa shape index (κ2) is 6.31. The summed E-state index contributed by atoms with van der Waals surface area (Å²) in [6.45, 7) is 3.45. The molecule has 21 heavy (non-hydrogen) atoms. The molecule has 2 aromatic rings. The maximum Gasteiger partial charge on any atom is 0.133 e. The summed E-state index contributed by atoms with van der Waals surface area (Å²) in [4.78, 5) is 0. The van der Waals surface area contributed by atoms with Crippen LogP contribution in [0.5, 0.6) is 0 Å². The highest BCUT2D eigenvalue weighted by Crippen LogP contribution is 2.27. The van der Waals surface area contributed by atoms with Crippen molar-refractivity contribution in [3.05, 3.63) is 70.0 Å². The minimum absolute atomic E-state index is 0.00108. The summed E-state index contributed by atoms with van der Waals surface area (Å²) in [5.41, 5.74) is 2.02. The Hall–Kier alpha value is -1.81. The first-order valence-corrected chi connectivity index (χ1v) is 6.80. The average molecular weight is 293 g/mol. The van der Waals surface area contributed by atoms with Gasteiger partial charge in [0.1, 0.15) is 17.5 Å². The van der Waals surface area contributed by atoms with E-state index in [9.17, 15) is 13.2 Å². The Bertz CT molecular complexity index is 653. The van der Waals surface area contributed by atoms with Gasteiger partial charge in [-0.2, -0.15) is 0 Å². The molecule has 2 rings (SSSR count). The van der Waals surface area contributed by atoms with Gasteiger partial charge in [-0.25, -0.2) is 13.2 Å². The molecule has 0 radical (unpaired) electrons. The zero-order chi connectivity index (χ0) is 15.6. The molecule has 1 nitrogen and oxygen atoms in total. The Balaban J connectivity index is 2.41. The molecule has 1 N–H and O–H groups in total. The van der Waals surface area contributed by atoms with Gasteiger partial charge in [-0.1, -0.05) is 12.1 Å². The van der Waals surface area contributed by atoms with E-state index in [4.69, 9.17) is 0 Å². The van der Waals surface area contributed by atoms with Crippen molar-refractivity contribution in [1.29, 1.82) is 0 Å². The summed E-state index contributed by atoms with van der Waals surface area (Å²) < 4.78 is 41.6. The van der Waals surface area contributed by atoms with Crippen molar-refractivity contribution >= 4 is 0 Å². The molecular formula is C17H18F3N. The van der Waals surface area contributed by atoms with Crippen LogP contribution in [0.15, 0.2) is 30.3 Å². The van der Waals surface area contributed by atoms with Crippen LogP contribution in [-0.2, 0) is 6.42 Å². The van der Waals surface area contributed by atoms with Crippen molar-refractivity contribution in [2.45, 2.75) is 26.3 Å². The molecule has 4 heteroatoms. The number of nitrogens with one attached hydrogen (secondary N) is 1. The average Bonchev–Trinajstić information content (AvgIpc) is 2.45. The summed E-state index contributed by atoms with van der Waals surface area (Å²) in [5.74, 6) is -1.49. The van der Waals surface area contributed by atoms with E-state index in [2.05, 4.69) is 5.32 Å². The maximum absolute atomic E-state index is 14.2. The molecule has 0 saturated carbocycles. The number of benzene rings is 2. The molecule has 1 atom stereocenters. The Morgan fingerprint density at radius 2 is 1.67 bits per heavy atom. The predicted octanol–water partition coefficient (Wildman–Crippen LogP) is 4.22. The Morgan fingerprint density at radius 3 is 2.33 bits per heavy atom. The third-order valence-electron chi connectivity index (χ3n) is 3.75. The highest BCUT2D eigenvalue weighted by Gasteiger charge is 2.21. The molecule has 0 aliphatic carbocycles. The van der Waals surface area contributed by atoms with Gasteiger partial charge < -0.3 is 5.32 Å². The van der Waals surface area contributed by atoms with Crippen LogP contribution in [0.25, 0.3) is 0 Å². The minimum atomic E-state index is -0.591. The van der Waals surface area contributed by atoms with Crippen LogP contribution in [0.4, 0.5) is 13.2 Å². The van der Waals surface area contributed by atoms with Crippen LogP contribution in [0.1, 0.15) is 28.3 Å². The fourth-order valence-corrected chi connectivity index (χ4v) is 2.43. The highest BCUT2D eigenvalue weighted by molar-refractivity contribution is 5.33. The molecule has 0 aliphatic rings. The first kappa shape index (κ1) is 15.6. The topological polar surface area (TPSA) is 12.0 Å². The van der Waals surface area contributed by atoms with Gasteiger partial charge >= 0.3 is 0 Å². The number of rotatable bonds is 4. The zero-order valence-electron chi connectivity index (χ0n) is 12.3. The molecule has 0 spiro atoms. The lowest BCUT2D eigenvalue weighted by molar-refractivity contribution is 0.485. The zero-order valence-corrected chi connectivity index (χ0v) is 12.3. The fraction of sp³-hybridized carbons (Fsp3) is 0.294. The van der Waals surface area contributed by atoms with Gasteiger partial charge in [0.25, 0.3) is 0 Å². The molecule has 0 aliphatic heterocycles. The van der Waals surface area contributed by atoms with Gasteiger partial charge in [-0.05, 0) is 62.2 Å². The number of hydrogen-bond donors (Lipinski definition) is 1. The molecule has 0 amide bonds. The molecule has 1 unspecified atom stereocenters. The van der Waals surface area contributed by atoms with E-state index in [1.165, 1.54) is 24.3 Å². The predicted molar refractivity (Wildman–Crippen MR) is 77.7 cm³/mol. The third-order valence-corrected chi connectivity index (χ3v) is 3.75. The Morgan fingerprint density at radius 1 is 1.00 bits per heavy atom. The van der Waals surface area contributed by atoms with E-state index >= 15 is 0 Å². The highest BCUT2D eigenvalue weighted by atomic mass is 19.1. The lowest BCUT2D eigenvalue weighted by atomic mass is 9.94. The largest absolute Gasteiger partial charge is 0.313 e. The van der Waals surface area contributed by atoms with Crippen molar-refractivity contribution in [2.24, 2.45) is 0 Å². The van der Waals surface area contributed by atoms with Gasteiger partial charge in [0.05, 0.1) is 0 Å². The van der Waals surface area contributed by atoms with E-state index in [0.717, 1.165) is 11.1 Å². The van der Waals surface area contributed by atoms with E-state index in [1.807, 2.05) is 6.92 Å². The second-order valence-electron chi connectivity index (χ2n) is 5.21. The first-order chi connectivity index (χ1) is 9.93. The minimum Gasteiger partial charge on any atom is -0.313 e. The summed E-state index contributed by atoms with van der Waals surface area (Å²) in [6.07, 6.45) is 0.317. The molecule has 0 aromatic heterocycles. The van der Waals surface area contributed by atoms with Gasteiger partial charge in [-0.15, -0.1) is 0 Å². The molecule has 112 valence electrons. The first-order valence-electron chi connectivity index (χ1n) is 6.80. The Kier molecular flexibility index (Phi) is 4.68. The van der Waals surface area contributed by atoms with Crippen LogP contribution in [-0.4, -0.2) is 7.05 Å². The summed E-state index contributed by atoms with van der Waals surface area (Å²) in [7, 11) is 1.64. The number of hydrogen-bond acceptors (Lipinski definition) is 1. The summed E-state index contributed by atoms with van der Waals surface area (Å²) in [6, 6.07) is 6.57. The van der Waals surface area contributed by atoms with E-state index < -0.39 is 17.7 Å². The standard InChI is InChI=1S/C17H18F3N/c1-10-4-6-13(18)8-12(10)9-15(21-3)16-14(19)7-5-11(2)17(16)20/h4-8,15,21H,9H2,1-3H3. The molecule has 0 fully saturated rings. The van der Waals surface area contributed by atoms with E-state index in [1.54, 1.807) is 20.0 Å². The van der Waals surface area contributed by atoms with Crippen molar-refractivity contribution in [1.82, 2.24) is 5.32 Å². The molecular weight excluding hydrogens is 275 g/mol. The molecule has 2 aromatic carbocycles. The molecule has 0 bridgehead atoms. The number of likely N-dealkylation sites (N-methyl/N-ethyl adjacent to an activating group) is 1. The van der Waals surface area contributed by atoms with Crippen molar-refractivity contribution in [3.8, 4) is 0 Å². The van der Waals surface area contributed by atoms with Crippen LogP contribution >= 0.6 is 0 Å². The number of aryl methyl sites for hydroxylation is 2. The second-order valence-corrected chi connectivity index (χ2v) is 5.21. The maximum atomic E-state index is 14.2. The van der Waals surface area contributed by atoms with Crippen LogP contribution in [0.3, 0.4) is 0 Å². The quantitative estimate of drug-likeness (QED) is 0.890. The van der Waals surface area contributed by atoms with Gasteiger partial charge in [-0.3, -0.25) is 0 Å². The molecule has 0 saturated heterocycles. The van der Waals surface area contributed by atoms with E-state index in [0.29, 0.717) is 12.0 Å². The van der Waals surface area contributed by atoms with Gasteiger partial charge in [0, 0.05) is 11.6 Å². The third kappa shape index (κ3) is 3.27. The van der Waals surface area contributed by atoms with Gasteiger partial charge in [0.2, 0.25) is 0 Å². The number of halogens is 3. The SMILES string of the molecule is CNC(Cc1cc(F)ccc1C)c1c(F)ccc(C)c1F. The smallest absolute Gasteiger partial charge is 0.133 e. The monoisotopic (exact) mass is 293 g/mol. The van der Waals surface area contributed by atoms with Crippen molar-refractivity contribution < 1.29 is 13.2 Å². The van der Waals surface area contributed by atoms with Crippen LogP contribution < -0.4 is 5.32 Å².